The van der Waals surface area contributed by atoms with E-state index < -0.39 is 0 Å². The van der Waals surface area contributed by atoms with Gasteiger partial charge in [0.25, 0.3) is 0 Å². The molecule has 0 saturated carbocycles. The van der Waals surface area contributed by atoms with E-state index in [0.29, 0.717) is 0 Å². The Morgan fingerprint density at radius 3 is 2.35 bits per heavy atom. The molecule has 0 aliphatic heterocycles. The number of pyridine rings is 1. The third-order valence-electron chi connectivity index (χ3n) is 3.25. The predicted octanol–water partition coefficient (Wildman–Crippen LogP) is 4.42. The largest absolute Gasteiger partial charge is 0.496 e. The van der Waals surface area contributed by atoms with Crippen LogP contribution in [0.5, 0.6) is 5.75 Å². The minimum absolute atomic E-state index is 0.873. The van der Waals surface area contributed by atoms with Crippen LogP contribution < -0.4 is 4.74 Å². The third kappa shape index (κ3) is 2.41. The van der Waals surface area contributed by atoms with Gasteiger partial charge in [0.1, 0.15) is 5.75 Å². The maximum Gasteiger partial charge on any atom is 0.126 e. The molecule has 0 amide bonds. The molecule has 1 heterocycles. The number of hydrogen-bond donors (Lipinski definition) is 0. The third-order valence-corrected chi connectivity index (χ3v) is 3.25. The summed E-state index contributed by atoms with van der Waals surface area (Å²) in [6.45, 7) is 0. The molecule has 1 aromatic heterocycles. The first kappa shape index (κ1) is 12.4. The molecule has 2 heteroatoms. The highest BCUT2D eigenvalue weighted by Crippen LogP contribution is 2.31. The summed E-state index contributed by atoms with van der Waals surface area (Å²) in [6, 6.07) is 22.3. The minimum atomic E-state index is 0.873. The van der Waals surface area contributed by atoms with E-state index in [1.54, 1.807) is 7.11 Å². The Balaban J connectivity index is 2.08. The summed E-state index contributed by atoms with van der Waals surface area (Å²) >= 11 is 0. The van der Waals surface area contributed by atoms with Gasteiger partial charge in [-0.15, -0.1) is 0 Å². The molecule has 20 heavy (non-hydrogen) atoms. The van der Waals surface area contributed by atoms with Crippen molar-refractivity contribution in [3.8, 4) is 28.1 Å². The zero-order chi connectivity index (χ0) is 13.8. The second kappa shape index (κ2) is 5.57. The van der Waals surface area contributed by atoms with Crippen LogP contribution in [-0.4, -0.2) is 12.1 Å². The van der Waals surface area contributed by atoms with Crippen LogP contribution in [0.4, 0.5) is 0 Å². The summed E-state index contributed by atoms with van der Waals surface area (Å²) in [5.74, 6) is 0.873. The molecule has 0 spiro atoms. The highest BCUT2D eigenvalue weighted by atomic mass is 16.5. The lowest BCUT2D eigenvalue weighted by Crippen LogP contribution is -1.89. The second-order valence-corrected chi connectivity index (χ2v) is 4.50. The maximum atomic E-state index is 5.42. The van der Waals surface area contributed by atoms with Gasteiger partial charge in [-0.05, 0) is 23.8 Å². The van der Waals surface area contributed by atoms with Crippen LogP contribution in [-0.2, 0) is 0 Å². The Hall–Kier alpha value is -2.61. The van der Waals surface area contributed by atoms with E-state index in [-0.39, 0.29) is 0 Å². The van der Waals surface area contributed by atoms with E-state index in [1.807, 2.05) is 48.7 Å². The van der Waals surface area contributed by atoms with Crippen molar-refractivity contribution in [1.29, 1.82) is 0 Å². The van der Waals surface area contributed by atoms with E-state index in [2.05, 4.69) is 29.2 Å². The van der Waals surface area contributed by atoms with Crippen molar-refractivity contribution in [2.75, 3.05) is 7.11 Å². The Morgan fingerprint density at radius 1 is 0.800 bits per heavy atom. The molecule has 2 nitrogen and oxygen atoms in total. The van der Waals surface area contributed by atoms with E-state index in [1.165, 1.54) is 0 Å². The van der Waals surface area contributed by atoms with Crippen LogP contribution >= 0.6 is 0 Å². The molecule has 0 aliphatic carbocycles. The van der Waals surface area contributed by atoms with Gasteiger partial charge < -0.3 is 4.74 Å². The summed E-state index contributed by atoms with van der Waals surface area (Å²) in [7, 11) is 1.69. The normalized spacial score (nSPS) is 10.2. The molecule has 2 aromatic carbocycles. The fourth-order valence-electron chi connectivity index (χ4n) is 2.25. The topological polar surface area (TPSA) is 22.1 Å². The van der Waals surface area contributed by atoms with Crippen molar-refractivity contribution in [2.45, 2.75) is 0 Å². The molecule has 0 saturated heterocycles. The molecule has 0 radical (unpaired) electrons. The fourth-order valence-corrected chi connectivity index (χ4v) is 2.25. The van der Waals surface area contributed by atoms with Crippen molar-refractivity contribution < 1.29 is 4.74 Å². The van der Waals surface area contributed by atoms with Crippen LogP contribution in [0.15, 0.2) is 72.9 Å². The first-order valence-corrected chi connectivity index (χ1v) is 6.53. The van der Waals surface area contributed by atoms with Gasteiger partial charge in [-0.3, -0.25) is 4.98 Å². The van der Waals surface area contributed by atoms with Crippen molar-refractivity contribution in [3.05, 3.63) is 72.9 Å². The Kier molecular flexibility index (Phi) is 3.46. The molecule has 0 N–H and O–H groups in total. The number of ether oxygens (including phenoxy) is 1. The molecule has 0 aliphatic rings. The van der Waals surface area contributed by atoms with Crippen molar-refractivity contribution in [3.63, 3.8) is 0 Å². The standard InChI is InChI=1S/C18H15NO/c1-20-18-10-6-5-9-16(18)15-11-12-19-17(13-15)14-7-3-2-4-8-14/h2-13H,1H3. The summed E-state index contributed by atoms with van der Waals surface area (Å²) in [5.41, 5.74) is 4.27. The summed E-state index contributed by atoms with van der Waals surface area (Å²) in [6.07, 6.45) is 1.84. The quantitative estimate of drug-likeness (QED) is 0.696. The van der Waals surface area contributed by atoms with Gasteiger partial charge in [-0.1, -0.05) is 48.5 Å². The first-order chi connectivity index (χ1) is 9.88. The monoisotopic (exact) mass is 261 g/mol. The van der Waals surface area contributed by atoms with Crippen LogP contribution in [0.2, 0.25) is 0 Å². The number of rotatable bonds is 3. The Bertz CT molecular complexity index is 707. The summed E-state index contributed by atoms with van der Waals surface area (Å²) in [4.78, 5) is 4.45. The molecule has 0 bridgehead atoms. The first-order valence-electron chi connectivity index (χ1n) is 6.53. The summed E-state index contributed by atoms with van der Waals surface area (Å²) < 4.78 is 5.42. The number of benzene rings is 2. The second-order valence-electron chi connectivity index (χ2n) is 4.50. The van der Waals surface area contributed by atoms with E-state index >= 15 is 0 Å². The van der Waals surface area contributed by atoms with Crippen molar-refractivity contribution >= 4 is 0 Å². The van der Waals surface area contributed by atoms with Crippen LogP contribution in [0.25, 0.3) is 22.4 Å². The number of aromatic nitrogens is 1. The fraction of sp³-hybridized carbons (Fsp3) is 0.0556. The maximum absolute atomic E-state index is 5.42. The average Bonchev–Trinajstić information content (AvgIpc) is 2.56. The lowest BCUT2D eigenvalue weighted by molar-refractivity contribution is 0.416. The number of nitrogens with zero attached hydrogens (tertiary/aromatic N) is 1. The van der Waals surface area contributed by atoms with Gasteiger partial charge >= 0.3 is 0 Å². The molecule has 0 unspecified atom stereocenters. The van der Waals surface area contributed by atoms with Gasteiger partial charge in [0, 0.05) is 17.3 Å². The SMILES string of the molecule is COc1ccccc1-c1ccnc(-c2ccccc2)c1. The van der Waals surface area contributed by atoms with Gasteiger partial charge in [0.15, 0.2) is 0 Å². The highest BCUT2D eigenvalue weighted by molar-refractivity contribution is 5.74. The highest BCUT2D eigenvalue weighted by Gasteiger charge is 2.06. The molecule has 98 valence electrons. The number of hydrogen-bond acceptors (Lipinski definition) is 2. The van der Waals surface area contributed by atoms with Crippen LogP contribution in [0.1, 0.15) is 0 Å². The van der Waals surface area contributed by atoms with Gasteiger partial charge in [0.05, 0.1) is 12.8 Å². The van der Waals surface area contributed by atoms with Gasteiger partial charge in [0.2, 0.25) is 0 Å². The van der Waals surface area contributed by atoms with Crippen molar-refractivity contribution in [1.82, 2.24) is 4.98 Å². The average molecular weight is 261 g/mol. The zero-order valence-electron chi connectivity index (χ0n) is 11.3. The van der Waals surface area contributed by atoms with E-state index in [9.17, 15) is 0 Å². The molecule has 0 atom stereocenters. The minimum Gasteiger partial charge on any atom is -0.496 e. The van der Waals surface area contributed by atoms with E-state index in [0.717, 1.165) is 28.1 Å². The molecule has 3 rings (SSSR count). The smallest absolute Gasteiger partial charge is 0.126 e. The number of methoxy groups -OCH3 is 1. The van der Waals surface area contributed by atoms with Gasteiger partial charge in [-0.2, -0.15) is 0 Å². The lowest BCUT2D eigenvalue weighted by Gasteiger charge is -2.09. The Morgan fingerprint density at radius 2 is 1.55 bits per heavy atom. The van der Waals surface area contributed by atoms with E-state index in [4.69, 9.17) is 4.74 Å². The molecular formula is C18H15NO. The lowest BCUT2D eigenvalue weighted by atomic mass is 10.0. The zero-order valence-corrected chi connectivity index (χ0v) is 11.3. The molecule has 0 fully saturated rings. The van der Waals surface area contributed by atoms with Crippen LogP contribution in [0, 0.1) is 0 Å². The predicted molar refractivity (Wildman–Crippen MR) is 81.7 cm³/mol. The van der Waals surface area contributed by atoms with Crippen LogP contribution in [0.3, 0.4) is 0 Å². The van der Waals surface area contributed by atoms with Gasteiger partial charge in [-0.25, -0.2) is 0 Å². The Labute approximate surface area is 118 Å². The summed E-state index contributed by atoms with van der Waals surface area (Å²) in [5, 5.41) is 0. The molecular weight excluding hydrogens is 246 g/mol. The number of para-hydroxylation sites is 1. The van der Waals surface area contributed by atoms with Crippen molar-refractivity contribution in [2.24, 2.45) is 0 Å². The molecule has 3 aromatic rings.